The summed E-state index contributed by atoms with van der Waals surface area (Å²) in [5.41, 5.74) is 0.607. The van der Waals surface area contributed by atoms with E-state index in [0.717, 1.165) is 6.42 Å². The molecule has 1 saturated heterocycles. The van der Waals surface area contributed by atoms with E-state index in [0.29, 0.717) is 49.5 Å². The molecule has 160 valence electrons. The number of benzene rings is 1. The summed E-state index contributed by atoms with van der Waals surface area (Å²) in [6.07, 6.45) is 2.58. The van der Waals surface area contributed by atoms with E-state index in [1.54, 1.807) is 29.2 Å². The number of amides is 3. The smallest absolute Gasteiger partial charge is 0.253 e. The van der Waals surface area contributed by atoms with E-state index in [2.05, 4.69) is 10.6 Å². The molecule has 1 aromatic carbocycles. The molecule has 0 saturated carbocycles. The minimum absolute atomic E-state index is 0.0113. The number of carbonyl (C=O) groups is 3. The second-order valence-electron chi connectivity index (χ2n) is 8.07. The highest BCUT2D eigenvalue weighted by molar-refractivity contribution is 6.30. The van der Waals surface area contributed by atoms with Gasteiger partial charge in [-0.2, -0.15) is 0 Å². The molecule has 6 nitrogen and oxygen atoms in total. The van der Waals surface area contributed by atoms with Gasteiger partial charge in [0, 0.05) is 36.6 Å². The summed E-state index contributed by atoms with van der Waals surface area (Å²) in [5.74, 6) is -0.0240. The predicted molar refractivity (Wildman–Crippen MR) is 115 cm³/mol. The first kappa shape index (κ1) is 23.2. The fourth-order valence-electron chi connectivity index (χ4n) is 3.57. The van der Waals surface area contributed by atoms with Crippen LogP contribution in [0.15, 0.2) is 24.3 Å². The van der Waals surface area contributed by atoms with Crippen LogP contribution in [-0.4, -0.2) is 48.3 Å². The van der Waals surface area contributed by atoms with Crippen molar-refractivity contribution in [3.05, 3.63) is 34.9 Å². The Bertz CT molecular complexity index is 698. The Labute approximate surface area is 178 Å². The summed E-state index contributed by atoms with van der Waals surface area (Å²) in [6, 6.07) is 6.31. The molecular weight excluding hydrogens is 390 g/mol. The SMILES string of the molecule is CCCNC(=O)[C@H](NC(=O)CC(C)C)C1CCN(C(=O)c2ccc(Cl)cc2)CC1. The van der Waals surface area contributed by atoms with Crippen molar-refractivity contribution in [2.45, 2.75) is 52.5 Å². The molecule has 2 rings (SSSR count). The van der Waals surface area contributed by atoms with Gasteiger partial charge >= 0.3 is 0 Å². The van der Waals surface area contributed by atoms with E-state index in [9.17, 15) is 14.4 Å². The summed E-state index contributed by atoms with van der Waals surface area (Å²) < 4.78 is 0. The third kappa shape index (κ3) is 7.03. The fourth-order valence-corrected chi connectivity index (χ4v) is 3.70. The second kappa shape index (κ2) is 11.2. The Balaban J connectivity index is 2.00. The van der Waals surface area contributed by atoms with Gasteiger partial charge in [-0.05, 0) is 55.4 Å². The van der Waals surface area contributed by atoms with Crippen LogP contribution in [0, 0.1) is 11.8 Å². The van der Waals surface area contributed by atoms with Gasteiger partial charge in [-0.1, -0.05) is 32.4 Å². The van der Waals surface area contributed by atoms with Gasteiger partial charge in [-0.25, -0.2) is 0 Å². The minimum atomic E-state index is -0.555. The van der Waals surface area contributed by atoms with Crippen LogP contribution in [0.4, 0.5) is 0 Å². The van der Waals surface area contributed by atoms with Crippen molar-refractivity contribution in [1.29, 1.82) is 0 Å². The molecule has 0 unspecified atom stereocenters. The van der Waals surface area contributed by atoms with E-state index in [-0.39, 0.29) is 29.6 Å². The molecule has 1 heterocycles. The topological polar surface area (TPSA) is 78.5 Å². The fraction of sp³-hybridized carbons (Fsp3) is 0.591. The van der Waals surface area contributed by atoms with Crippen LogP contribution >= 0.6 is 11.6 Å². The number of piperidine rings is 1. The maximum absolute atomic E-state index is 12.7. The Morgan fingerprint density at radius 2 is 1.76 bits per heavy atom. The molecule has 3 amide bonds. The maximum atomic E-state index is 12.7. The van der Waals surface area contributed by atoms with Crippen molar-refractivity contribution in [2.75, 3.05) is 19.6 Å². The monoisotopic (exact) mass is 421 g/mol. The number of halogens is 1. The minimum Gasteiger partial charge on any atom is -0.354 e. The molecule has 1 fully saturated rings. The van der Waals surface area contributed by atoms with E-state index in [1.807, 2.05) is 20.8 Å². The lowest BCUT2D eigenvalue weighted by atomic mass is 9.88. The van der Waals surface area contributed by atoms with Crippen molar-refractivity contribution in [1.82, 2.24) is 15.5 Å². The van der Waals surface area contributed by atoms with Gasteiger partial charge in [0.05, 0.1) is 0 Å². The number of carbonyl (C=O) groups excluding carboxylic acids is 3. The highest BCUT2D eigenvalue weighted by atomic mass is 35.5. The molecule has 29 heavy (non-hydrogen) atoms. The summed E-state index contributed by atoms with van der Waals surface area (Å²) in [6.45, 7) is 7.66. The lowest BCUT2D eigenvalue weighted by Gasteiger charge is -2.36. The number of hydrogen-bond acceptors (Lipinski definition) is 3. The summed E-state index contributed by atoms with van der Waals surface area (Å²) in [4.78, 5) is 39.5. The third-order valence-electron chi connectivity index (χ3n) is 5.13. The van der Waals surface area contributed by atoms with Crippen LogP contribution in [0.25, 0.3) is 0 Å². The molecule has 1 aromatic rings. The lowest BCUT2D eigenvalue weighted by Crippen LogP contribution is -2.54. The first-order valence-electron chi connectivity index (χ1n) is 10.4. The molecule has 1 atom stereocenters. The number of nitrogens with one attached hydrogen (secondary N) is 2. The van der Waals surface area contributed by atoms with Gasteiger partial charge in [0.25, 0.3) is 5.91 Å². The number of nitrogens with zero attached hydrogens (tertiary/aromatic N) is 1. The first-order valence-corrected chi connectivity index (χ1v) is 10.8. The molecule has 0 spiro atoms. The molecule has 0 radical (unpaired) electrons. The van der Waals surface area contributed by atoms with Gasteiger partial charge in [0.1, 0.15) is 6.04 Å². The van der Waals surface area contributed by atoms with Crippen LogP contribution in [0.5, 0.6) is 0 Å². The molecular formula is C22H32ClN3O3. The van der Waals surface area contributed by atoms with Crippen molar-refractivity contribution in [3.8, 4) is 0 Å². The van der Waals surface area contributed by atoms with Crippen LogP contribution in [-0.2, 0) is 9.59 Å². The van der Waals surface area contributed by atoms with Crippen LogP contribution < -0.4 is 10.6 Å². The van der Waals surface area contributed by atoms with E-state index in [4.69, 9.17) is 11.6 Å². The van der Waals surface area contributed by atoms with Gasteiger partial charge in [-0.3, -0.25) is 14.4 Å². The van der Waals surface area contributed by atoms with E-state index >= 15 is 0 Å². The third-order valence-corrected chi connectivity index (χ3v) is 5.38. The average molecular weight is 422 g/mol. The van der Waals surface area contributed by atoms with Crippen molar-refractivity contribution >= 4 is 29.3 Å². The zero-order valence-corrected chi connectivity index (χ0v) is 18.3. The summed E-state index contributed by atoms with van der Waals surface area (Å²) in [7, 11) is 0. The van der Waals surface area contributed by atoms with Crippen LogP contribution in [0.3, 0.4) is 0 Å². The highest BCUT2D eigenvalue weighted by Crippen LogP contribution is 2.23. The predicted octanol–water partition coefficient (Wildman–Crippen LogP) is 3.25. The largest absolute Gasteiger partial charge is 0.354 e. The van der Waals surface area contributed by atoms with E-state index < -0.39 is 6.04 Å². The highest BCUT2D eigenvalue weighted by Gasteiger charge is 2.33. The molecule has 7 heteroatoms. The summed E-state index contributed by atoms with van der Waals surface area (Å²) >= 11 is 5.90. The Hall–Kier alpha value is -2.08. The Morgan fingerprint density at radius 1 is 1.14 bits per heavy atom. The van der Waals surface area contributed by atoms with Crippen molar-refractivity contribution < 1.29 is 14.4 Å². The molecule has 0 aromatic heterocycles. The van der Waals surface area contributed by atoms with Gasteiger partial charge in [-0.15, -0.1) is 0 Å². The van der Waals surface area contributed by atoms with Crippen LogP contribution in [0.1, 0.15) is 56.8 Å². The molecule has 1 aliphatic heterocycles. The summed E-state index contributed by atoms with van der Waals surface area (Å²) in [5, 5.41) is 6.44. The number of likely N-dealkylation sites (tertiary alicyclic amines) is 1. The van der Waals surface area contributed by atoms with Crippen molar-refractivity contribution in [3.63, 3.8) is 0 Å². The standard InChI is InChI=1S/C22H32ClN3O3/c1-4-11-24-21(28)20(25-19(27)14-15(2)3)16-9-12-26(13-10-16)22(29)17-5-7-18(23)8-6-17/h5-8,15-16,20H,4,9-14H2,1-3H3,(H,24,28)(H,25,27)/t20-/m1/s1. The van der Waals surface area contributed by atoms with E-state index in [1.165, 1.54) is 0 Å². The van der Waals surface area contributed by atoms with Gasteiger partial charge in [0.2, 0.25) is 11.8 Å². The zero-order chi connectivity index (χ0) is 21.4. The zero-order valence-electron chi connectivity index (χ0n) is 17.5. The molecule has 2 N–H and O–H groups in total. The molecule has 1 aliphatic rings. The first-order chi connectivity index (χ1) is 13.8. The Morgan fingerprint density at radius 3 is 2.31 bits per heavy atom. The molecule has 0 aliphatic carbocycles. The quantitative estimate of drug-likeness (QED) is 0.676. The normalized spacial score (nSPS) is 15.8. The molecule has 0 bridgehead atoms. The average Bonchev–Trinajstić information content (AvgIpc) is 2.70. The van der Waals surface area contributed by atoms with Crippen LogP contribution in [0.2, 0.25) is 5.02 Å². The second-order valence-corrected chi connectivity index (χ2v) is 8.51. The van der Waals surface area contributed by atoms with Gasteiger partial charge in [0.15, 0.2) is 0 Å². The maximum Gasteiger partial charge on any atom is 0.253 e. The van der Waals surface area contributed by atoms with Gasteiger partial charge < -0.3 is 15.5 Å². The Kier molecular flexibility index (Phi) is 8.96. The number of rotatable bonds is 8. The van der Waals surface area contributed by atoms with Crippen molar-refractivity contribution in [2.24, 2.45) is 11.8 Å². The number of hydrogen-bond donors (Lipinski definition) is 2. The lowest BCUT2D eigenvalue weighted by molar-refractivity contribution is -0.131.